The number of hydrogen-bond acceptors (Lipinski definition) is 4. The van der Waals surface area contributed by atoms with Gasteiger partial charge in [-0.05, 0) is 37.8 Å². The van der Waals surface area contributed by atoms with Crippen molar-refractivity contribution in [2.24, 2.45) is 0 Å². The second kappa shape index (κ2) is 7.52. The van der Waals surface area contributed by atoms with Crippen LogP contribution < -0.4 is 4.74 Å². The molecule has 16 heavy (non-hydrogen) atoms. The van der Waals surface area contributed by atoms with Crippen molar-refractivity contribution < 1.29 is 9.84 Å². The molecule has 1 aromatic heterocycles. The first kappa shape index (κ1) is 13.3. The third-order valence-corrected chi connectivity index (χ3v) is 2.95. The summed E-state index contributed by atoms with van der Waals surface area (Å²) in [6, 6.07) is 1.86. The zero-order valence-corrected chi connectivity index (χ0v) is 10.7. The van der Waals surface area contributed by atoms with Gasteiger partial charge in [-0.3, -0.25) is 4.98 Å². The lowest BCUT2D eigenvalue weighted by Gasteiger charge is -2.11. The molecule has 1 unspecified atom stereocenters. The standard InChI is InChI=1S/C12H19NO2S/c1-3-15-11-7-10(8-13-9-11)12(14)5-4-6-16-2/h7-9,12,14H,3-6H2,1-2H3. The number of aliphatic hydroxyl groups excluding tert-OH is 1. The van der Waals surface area contributed by atoms with Crippen LogP contribution >= 0.6 is 11.8 Å². The van der Waals surface area contributed by atoms with E-state index in [2.05, 4.69) is 11.2 Å². The van der Waals surface area contributed by atoms with E-state index in [1.54, 1.807) is 24.2 Å². The number of aromatic nitrogens is 1. The number of hydrogen-bond donors (Lipinski definition) is 1. The van der Waals surface area contributed by atoms with Gasteiger partial charge in [0, 0.05) is 11.8 Å². The lowest BCUT2D eigenvalue weighted by Crippen LogP contribution is -2.00. The molecule has 0 bridgehead atoms. The van der Waals surface area contributed by atoms with Crippen LogP contribution in [0.3, 0.4) is 0 Å². The van der Waals surface area contributed by atoms with Crippen LogP contribution in [-0.4, -0.2) is 28.7 Å². The normalized spacial score (nSPS) is 12.4. The van der Waals surface area contributed by atoms with Crippen molar-refractivity contribution in [1.82, 2.24) is 4.98 Å². The molecule has 1 atom stereocenters. The highest BCUT2D eigenvalue weighted by atomic mass is 32.2. The Balaban J connectivity index is 2.53. The summed E-state index contributed by atoms with van der Waals surface area (Å²) >= 11 is 1.80. The minimum Gasteiger partial charge on any atom is -0.492 e. The summed E-state index contributed by atoms with van der Waals surface area (Å²) in [5.41, 5.74) is 0.840. The van der Waals surface area contributed by atoms with Crippen LogP contribution in [0, 0.1) is 0 Å². The van der Waals surface area contributed by atoms with Crippen LogP contribution in [0.2, 0.25) is 0 Å². The first-order chi connectivity index (χ1) is 7.77. The van der Waals surface area contributed by atoms with E-state index in [1.165, 1.54) is 0 Å². The van der Waals surface area contributed by atoms with Gasteiger partial charge in [0.1, 0.15) is 5.75 Å². The van der Waals surface area contributed by atoms with Crippen LogP contribution in [0.15, 0.2) is 18.5 Å². The highest BCUT2D eigenvalue weighted by Crippen LogP contribution is 2.21. The second-order valence-corrected chi connectivity index (χ2v) is 4.52. The number of nitrogens with zero attached hydrogens (tertiary/aromatic N) is 1. The van der Waals surface area contributed by atoms with Gasteiger partial charge in [0.2, 0.25) is 0 Å². The smallest absolute Gasteiger partial charge is 0.137 e. The van der Waals surface area contributed by atoms with Gasteiger partial charge in [-0.25, -0.2) is 0 Å². The predicted molar refractivity (Wildman–Crippen MR) is 68.0 cm³/mol. The van der Waals surface area contributed by atoms with Crippen molar-refractivity contribution in [3.63, 3.8) is 0 Å². The summed E-state index contributed by atoms with van der Waals surface area (Å²) in [6.07, 6.45) is 6.80. The maximum atomic E-state index is 9.93. The van der Waals surface area contributed by atoms with Gasteiger partial charge in [0.25, 0.3) is 0 Å². The van der Waals surface area contributed by atoms with Crippen molar-refractivity contribution in [3.05, 3.63) is 24.0 Å². The molecule has 1 rings (SSSR count). The fraction of sp³-hybridized carbons (Fsp3) is 0.583. The van der Waals surface area contributed by atoms with Crippen molar-refractivity contribution in [2.75, 3.05) is 18.6 Å². The van der Waals surface area contributed by atoms with Crippen molar-refractivity contribution in [1.29, 1.82) is 0 Å². The SMILES string of the molecule is CCOc1cncc(C(O)CCCSC)c1. The maximum absolute atomic E-state index is 9.93. The molecule has 90 valence electrons. The van der Waals surface area contributed by atoms with Gasteiger partial charge < -0.3 is 9.84 Å². The monoisotopic (exact) mass is 241 g/mol. The Bertz CT molecular complexity index is 307. The van der Waals surface area contributed by atoms with Crippen molar-refractivity contribution in [2.45, 2.75) is 25.9 Å². The van der Waals surface area contributed by atoms with E-state index in [0.717, 1.165) is 29.9 Å². The zero-order chi connectivity index (χ0) is 11.8. The summed E-state index contributed by atoms with van der Waals surface area (Å²) in [4.78, 5) is 4.06. The Hall–Kier alpha value is -0.740. The van der Waals surface area contributed by atoms with Gasteiger partial charge in [0.15, 0.2) is 0 Å². The van der Waals surface area contributed by atoms with E-state index in [-0.39, 0.29) is 0 Å². The molecule has 0 saturated carbocycles. The summed E-state index contributed by atoms with van der Waals surface area (Å²) in [7, 11) is 0. The Labute approximate surface area is 101 Å². The molecule has 1 heterocycles. The van der Waals surface area contributed by atoms with E-state index in [1.807, 2.05) is 13.0 Å². The summed E-state index contributed by atoms with van der Waals surface area (Å²) < 4.78 is 5.34. The van der Waals surface area contributed by atoms with E-state index >= 15 is 0 Å². The number of pyridine rings is 1. The largest absolute Gasteiger partial charge is 0.492 e. The first-order valence-electron chi connectivity index (χ1n) is 5.52. The average Bonchev–Trinajstić information content (AvgIpc) is 2.30. The fourth-order valence-corrected chi connectivity index (χ4v) is 1.91. The topological polar surface area (TPSA) is 42.4 Å². The molecule has 0 aromatic carbocycles. The highest BCUT2D eigenvalue weighted by Gasteiger charge is 2.08. The number of ether oxygens (including phenoxy) is 1. The Morgan fingerprint density at radius 1 is 1.50 bits per heavy atom. The number of aliphatic hydroxyl groups is 1. The molecule has 0 fully saturated rings. The molecule has 0 saturated heterocycles. The van der Waals surface area contributed by atoms with Crippen molar-refractivity contribution >= 4 is 11.8 Å². The minimum absolute atomic E-state index is 0.431. The van der Waals surface area contributed by atoms with Gasteiger partial charge >= 0.3 is 0 Å². The van der Waals surface area contributed by atoms with Crippen LogP contribution in [0.4, 0.5) is 0 Å². The third-order valence-electron chi connectivity index (χ3n) is 2.26. The molecule has 1 N–H and O–H groups in total. The lowest BCUT2D eigenvalue weighted by molar-refractivity contribution is 0.166. The summed E-state index contributed by atoms with van der Waals surface area (Å²) in [5.74, 6) is 1.80. The molecule has 0 aliphatic rings. The van der Waals surface area contributed by atoms with Gasteiger partial charge in [-0.1, -0.05) is 0 Å². The third kappa shape index (κ3) is 4.41. The summed E-state index contributed by atoms with van der Waals surface area (Å²) in [5, 5.41) is 9.93. The molecule has 1 aromatic rings. The molecular formula is C12H19NO2S. The number of rotatable bonds is 7. The van der Waals surface area contributed by atoms with Gasteiger partial charge in [-0.15, -0.1) is 0 Å². The fourth-order valence-electron chi connectivity index (χ4n) is 1.45. The van der Waals surface area contributed by atoms with Gasteiger partial charge in [-0.2, -0.15) is 11.8 Å². The molecule has 3 nitrogen and oxygen atoms in total. The summed E-state index contributed by atoms with van der Waals surface area (Å²) in [6.45, 7) is 2.55. The zero-order valence-electron chi connectivity index (χ0n) is 9.85. The Morgan fingerprint density at radius 2 is 2.31 bits per heavy atom. The lowest BCUT2D eigenvalue weighted by atomic mass is 10.1. The minimum atomic E-state index is -0.431. The van der Waals surface area contributed by atoms with Crippen LogP contribution in [-0.2, 0) is 0 Å². The van der Waals surface area contributed by atoms with Crippen LogP contribution in [0.5, 0.6) is 5.75 Å². The van der Waals surface area contributed by atoms with E-state index < -0.39 is 6.10 Å². The van der Waals surface area contributed by atoms with E-state index in [9.17, 15) is 5.11 Å². The van der Waals surface area contributed by atoms with Crippen LogP contribution in [0.1, 0.15) is 31.4 Å². The molecule has 0 aliphatic heterocycles. The quantitative estimate of drug-likeness (QED) is 0.745. The first-order valence-corrected chi connectivity index (χ1v) is 6.92. The Kier molecular flexibility index (Phi) is 6.26. The highest BCUT2D eigenvalue weighted by molar-refractivity contribution is 7.98. The number of thioether (sulfide) groups is 1. The van der Waals surface area contributed by atoms with Crippen LogP contribution in [0.25, 0.3) is 0 Å². The Morgan fingerprint density at radius 3 is 3.00 bits per heavy atom. The van der Waals surface area contributed by atoms with Crippen molar-refractivity contribution in [3.8, 4) is 5.75 Å². The van der Waals surface area contributed by atoms with E-state index in [0.29, 0.717) is 6.61 Å². The molecule has 0 spiro atoms. The maximum Gasteiger partial charge on any atom is 0.137 e. The predicted octanol–water partition coefficient (Wildman–Crippen LogP) is 2.66. The molecule has 0 radical (unpaired) electrons. The van der Waals surface area contributed by atoms with Gasteiger partial charge in [0.05, 0.1) is 18.9 Å². The second-order valence-electron chi connectivity index (χ2n) is 3.54. The molecule has 0 aliphatic carbocycles. The van der Waals surface area contributed by atoms with E-state index in [4.69, 9.17) is 4.74 Å². The molecule has 4 heteroatoms. The molecular weight excluding hydrogens is 222 g/mol. The average molecular weight is 241 g/mol. The molecule has 0 amide bonds.